The lowest BCUT2D eigenvalue weighted by Gasteiger charge is -2.30. The Morgan fingerprint density at radius 2 is 2.24 bits per heavy atom. The molecule has 1 aromatic carbocycles. The van der Waals surface area contributed by atoms with Gasteiger partial charge >= 0.3 is 0 Å². The maximum absolute atomic E-state index is 11.9. The molecular weight excluding hydrogens is 264 g/mol. The van der Waals surface area contributed by atoms with Crippen molar-refractivity contribution in [2.24, 2.45) is 0 Å². The van der Waals surface area contributed by atoms with E-state index < -0.39 is 0 Å². The molecule has 1 saturated heterocycles. The number of carbonyl (C=O) groups excluding carboxylic acids is 1. The smallest absolute Gasteiger partial charge is 0.220 e. The molecule has 21 heavy (non-hydrogen) atoms. The monoisotopic (exact) mass is 290 g/mol. The maximum atomic E-state index is 11.9. The Morgan fingerprint density at radius 3 is 3.00 bits per heavy atom. The van der Waals surface area contributed by atoms with Crippen LogP contribution in [0.25, 0.3) is 0 Å². The fourth-order valence-corrected chi connectivity index (χ4v) is 2.64. The van der Waals surface area contributed by atoms with Gasteiger partial charge in [-0.1, -0.05) is 24.3 Å². The van der Waals surface area contributed by atoms with Gasteiger partial charge in [-0.2, -0.15) is 0 Å². The lowest BCUT2D eigenvalue weighted by Crippen LogP contribution is -2.41. The van der Waals surface area contributed by atoms with E-state index in [1.165, 1.54) is 11.1 Å². The van der Waals surface area contributed by atoms with Crippen molar-refractivity contribution in [3.8, 4) is 0 Å². The molecular formula is C17H26N2O2. The zero-order valence-corrected chi connectivity index (χ0v) is 13.1. The van der Waals surface area contributed by atoms with Gasteiger partial charge in [-0.05, 0) is 37.9 Å². The van der Waals surface area contributed by atoms with Crippen LogP contribution in [0.2, 0.25) is 0 Å². The van der Waals surface area contributed by atoms with Gasteiger partial charge in [0, 0.05) is 26.1 Å². The topological polar surface area (TPSA) is 41.6 Å². The van der Waals surface area contributed by atoms with E-state index in [0.29, 0.717) is 13.0 Å². The molecule has 1 fully saturated rings. The number of aryl methyl sites for hydroxylation is 2. The summed E-state index contributed by atoms with van der Waals surface area (Å²) in [6, 6.07) is 8.23. The molecule has 0 saturated carbocycles. The fourth-order valence-electron chi connectivity index (χ4n) is 2.64. The Bertz CT molecular complexity index is 462. The van der Waals surface area contributed by atoms with Gasteiger partial charge in [0.15, 0.2) is 0 Å². The third kappa shape index (κ3) is 5.48. The summed E-state index contributed by atoms with van der Waals surface area (Å²) >= 11 is 0. The second kappa shape index (κ2) is 8.15. The number of likely N-dealkylation sites (N-methyl/N-ethyl adjacent to an activating group) is 1. The Hall–Kier alpha value is -1.39. The molecule has 1 atom stereocenters. The van der Waals surface area contributed by atoms with Crippen LogP contribution in [0.15, 0.2) is 24.3 Å². The molecule has 1 amide bonds. The molecule has 1 heterocycles. The Labute approximate surface area is 127 Å². The van der Waals surface area contributed by atoms with Gasteiger partial charge in [0.25, 0.3) is 0 Å². The van der Waals surface area contributed by atoms with Crippen LogP contribution < -0.4 is 5.32 Å². The number of benzene rings is 1. The van der Waals surface area contributed by atoms with E-state index in [9.17, 15) is 4.79 Å². The van der Waals surface area contributed by atoms with E-state index in [1.807, 2.05) is 12.1 Å². The molecule has 1 aliphatic rings. The Kier molecular flexibility index (Phi) is 6.21. The van der Waals surface area contributed by atoms with Gasteiger partial charge in [-0.15, -0.1) is 0 Å². The van der Waals surface area contributed by atoms with Crippen LogP contribution in [0, 0.1) is 6.92 Å². The quantitative estimate of drug-likeness (QED) is 0.868. The van der Waals surface area contributed by atoms with Gasteiger partial charge in [0.05, 0.1) is 12.7 Å². The second-order valence-corrected chi connectivity index (χ2v) is 5.82. The highest BCUT2D eigenvalue weighted by Crippen LogP contribution is 2.09. The summed E-state index contributed by atoms with van der Waals surface area (Å²) in [6.45, 7) is 5.54. The van der Waals surface area contributed by atoms with Crippen LogP contribution >= 0.6 is 0 Å². The molecule has 1 aromatic rings. The van der Waals surface area contributed by atoms with Crippen LogP contribution in [0.1, 0.15) is 24.0 Å². The molecule has 1 unspecified atom stereocenters. The van der Waals surface area contributed by atoms with Crippen molar-refractivity contribution < 1.29 is 9.53 Å². The molecule has 0 aromatic heterocycles. The summed E-state index contributed by atoms with van der Waals surface area (Å²) in [6.07, 6.45) is 2.50. The SMILES string of the molecule is Cc1ccccc1CCC(=O)NCCC1CN(C)CCO1. The van der Waals surface area contributed by atoms with Crippen molar-refractivity contribution in [2.45, 2.75) is 32.3 Å². The average Bonchev–Trinajstić information content (AvgIpc) is 2.46. The first kappa shape index (κ1) is 16.0. The summed E-state index contributed by atoms with van der Waals surface area (Å²) in [5.74, 6) is 0.127. The first-order valence-electron chi connectivity index (χ1n) is 7.76. The largest absolute Gasteiger partial charge is 0.375 e. The lowest BCUT2D eigenvalue weighted by molar-refractivity contribution is -0.121. The van der Waals surface area contributed by atoms with Crippen LogP contribution in [-0.4, -0.2) is 50.2 Å². The fraction of sp³-hybridized carbons (Fsp3) is 0.588. The highest BCUT2D eigenvalue weighted by atomic mass is 16.5. The van der Waals surface area contributed by atoms with E-state index in [-0.39, 0.29) is 12.0 Å². The summed E-state index contributed by atoms with van der Waals surface area (Å²) < 4.78 is 5.68. The highest BCUT2D eigenvalue weighted by Gasteiger charge is 2.17. The van der Waals surface area contributed by atoms with Gasteiger partial charge in [-0.25, -0.2) is 0 Å². The van der Waals surface area contributed by atoms with E-state index in [1.54, 1.807) is 0 Å². The Balaban J connectivity index is 1.62. The first-order valence-corrected chi connectivity index (χ1v) is 7.76. The first-order chi connectivity index (χ1) is 10.1. The molecule has 116 valence electrons. The minimum absolute atomic E-state index is 0.127. The third-order valence-electron chi connectivity index (χ3n) is 4.01. The van der Waals surface area contributed by atoms with Crippen molar-refractivity contribution in [1.82, 2.24) is 10.2 Å². The third-order valence-corrected chi connectivity index (χ3v) is 4.01. The number of ether oxygens (including phenoxy) is 1. The van der Waals surface area contributed by atoms with Gasteiger partial charge in [0.1, 0.15) is 0 Å². The zero-order chi connectivity index (χ0) is 15.1. The van der Waals surface area contributed by atoms with Gasteiger partial charge in [-0.3, -0.25) is 4.79 Å². The van der Waals surface area contributed by atoms with Crippen molar-refractivity contribution in [3.63, 3.8) is 0 Å². The zero-order valence-electron chi connectivity index (χ0n) is 13.1. The predicted octanol–water partition coefficient (Wildman–Crippen LogP) is 1.76. The van der Waals surface area contributed by atoms with E-state index in [0.717, 1.165) is 32.5 Å². The maximum Gasteiger partial charge on any atom is 0.220 e. The number of rotatable bonds is 6. The number of hydrogen-bond donors (Lipinski definition) is 1. The lowest BCUT2D eigenvalue weighted by atomic mass is 10.0. The van der Waals surface area contributed by atoms with Crippen LogP contribution in [0.5, 0.6) is 0 Å². The molecule has 4 heteroatoms. The number of nitrogens with zero attached hydrogens (tertiary/aromatic N) is 1. The van der Waals surface area contributed by atoms with E-state index in [2.05, 4.69) is 36.3 Å². The predicted molar refractivity (Wildman–Crippen MR) is 84.4 cm³/mol. The number of hydrogen-bond acceptors (Lipinski definition) is 3. The van der Waals surface area contributed by atoms with E-state index in [4.69, 9.17) is 4.74 Å². The van der Waals surface area contributed by atoms with Crippen molar-refractivity contribution >= 4 is 5.91 Å². The highest BCUT2D eigenvalue weighted by molar-refractivity contribution is 5.76. The normalized spacial score (nSPS) is 19.4. The average molecular weight is 290 g/mol. The number of carbonyl (C=O) groups is 1. The summed E-state index contributed by atoms with van der Waals surface area (Å²) in [4.78, 5) is 14.1. The van der Waals surface area contributed by atoms with Crippen LogP contribution in [-0.2, 0) is 16.0 Å². The van der Waals surface area contributed by atoms with Crippen LogP contribution in [0.4, 0.5) is 0 Å². The van der Waals surface area contributed by atoms with Crippen LogP contribution in [0.3, 0.4) is 0 Å². The molecule has 1 N–H and O–H groups in total. The van der Waals surface area contributed by atoms with Crippen molar-refractivity contribution in [1.29, 1.82) is 0 Å². The molecule has 1 aliphatic heterocycles. The molecule has 0 spiro atoms. The standard InChI is InChI=1S/C17H26N2O2/c1-14-5-3-4-6-15(14)7-8-17(20)18-10-9-16-13-19(2)11-12-21-16/h3-6,16H,7-13H2,1-2H3,(H,18,20). The van der Waals surface area contributed by atoms with E-state index >= 15 is 0 Å². The minimum atomic E-state index is 0.127. The number of nitrogens with one attached hydrogen (secondary N) is 1. The van der Waals surface area contributed by atoms with Gasteiger partial charge in [0.2, 0.25) is 5.91 Å². The molecule has 2 rings (SSSR count). The molecule has 0 aliphatic carbocycles. The molecule has 0 bridgehead atoms. The summed E-state index contributed by atoms with van der Waals surface area (Å²) in [7, 11) is 2.11. The second-order valence-electron chi connectivity index (χ2n) is 5.82. The summed E-state index contributed by atoms with van der Waals surface area (Å²) in [5.41, 5.74) is 2.51. The molecule has 0 radical (unpaired) electrons. The van der Waals surface area contributed by atoms with Crippen molar-refractivity contribution in [3.05, 3.63) is 35.4 Å². The number of amides is 1. The van der Waals surface area contributed by atoms with Crippen molar-refractivity contribution in [2.75, 3.05) is 33.3 Å². The minimum Gasteiger partial charge on any atom is -0.375 e. The van der Waals surface area contributed by atoms with Gasteiger partial charge < -0.3 is 15.0 Å². The number of morpholine rings is 1. The Morgan fingerprint density at radius 1 is 1.43 bits per heavy atom. The summed E-state index contributed by atoms with van der Waals surface area (Å²) in [5, 5.41) is 3.00. The molecule has 4 nitrogen and oxygen atoms in total.